The van der Waals surface area contributed by atoms with E-state index in [1.807, 2.05) is 14.1 Å². The molecule has 0 bridgehead atoms. The fourth-order valence-corrected chi connectivity index (χ4v) is 8.78. The van der Waals surface area contributed by atoms with Crippen LogP contribution in [-0.2, 0) is 63.7 Å². The number of carbonyl (C=O) groups excluding carboxylic acids is 10. The third-order valence-corrected chi connectivity index (χ3v) is 13.3. The minimum Gasteiger partial charge on any atom is -0.356 e. The topological polar surface area (TPSA) is 396 Å². The van der Waals surface area contributed by atoms with Gasteiger partial charge in [0.15, 0.2) is 23.5 Å². The predicted molar refractivity (Wildman–Crippen MR) is 313 cm³/mol. The summed E-state index contributed by atoms with van der Waals surface area (Å²) in [6, 6.07) is 5.12. The molecule has 456 valence electrons. The zero-order chi connectivity index (χ0) is 62.5. The second-order valence-electron chi connectivity index (χ2n) is 20.7. The Morgan fingerprint density at radius 2 is 0.884 bits per heavy atom. The molecule has 1 atom stereocenters. The van der Waals surface area contributed by atoms with Crippen molar-refractivity contribution in [3.8, 4) is 0 Å². The molecular formula is C54H72N22O10+2. The number of rotatable bonds is 27. The SMILES string of the molecule is Cn1cc(NC(=O)c2cc(NC(=O)c3cc(NC(=O)c4cc(NC(=O)[C@H]([NH3+])CCNC(=O)c5nc(NC(=O)CCNC(=O)c6nc(NC(=O)c7nccn7C)cn6C)cn5C)cn4C)cn3C)cn2C)cc1C(=O)NCCC(=O)NCCC[NH+](C)C. The average Bonchev–Trinajstić information content (AvgIpc) is 4.54. The first-order chi connectivity index (χ1) is 40.8. The summed E-state index contributed by atoms with van der Waals surface area (Å²) in [7, 11) is 15.4. The molecule has 0 saturated carbocycles. The van der Waals surface area contributed by atoms with E-state index in [1.54, 1.807) is 78.7 Å². The van der Waals surface area contributed by atoms with Gasteiger partial charge < -0.3 is 95.8 Å². The zero-order valence-corrected chi connectivity index (χ0v) is 49.1. The van der Waals surface area contributed by atoms with Crippen LogP contribution < -0.4 is 63.8 Å². The summed E-state index contributed by atoms with van der Waals surface area (Å²) >= 11 is 0. The van der Waals surface area contributed by atoms with E-state index in [2.05, 4.69) is 73.9 Å². The molecule has 7 rings (SSSR count). The van der Waals surface area contributed by atoms with Gasteiger partial charge >= 0.3 is 0 Å². The van der Waals surface area contributed by atoms with Crippen LogP contribution in [0.25, 0.3) is 0 Å². The maximum Gasteiger partial charge on any atom is 0.292 e. The summed E-state index contributed by atoms with van der Waals surface area (Å²) in [5.74, 6) is -4.45. The lowest BCUT2D eigenvalue weighted by molar-refractivity contribution is -0.858. The highest BCUT2D eigenvalue weighted by Gasteiger charge is 2.24. The van der Waals surface area contributed by atoms with E-state index in [9.17, 15) is 47.9 Å². The van der Waals surface area contributed by atoms with Gasteiger partial charge in [-0.15, -0.1) is 0 Å². The molecule has 0 aromatic carbocycles. The van der Waals surface area contributed by atoms with Crippen molar-refractivity contribution in [1.29, 1.82) is 0 Å². The molecule has 0 fully saturated rings. The lowest BCUT2D eigenvalue weighted by Crippen LogP contribution is -3.05. The second-order valence-corrected chi connectivity index (χ2v) is 20.7. The van der Waals surface area contributed by atoms with Gasteiger partial charge in [0.2, 0.25) is 23.5 Å². The van der Waals surface area contributed by atoms with Crippen LogP contribution in [0.4, 0.5) is 34.4 Å². The van der Waals surface area contributed by atoms with Crippen molar-refractivity contribution in [2.24, 2.45) is 49.3 Å². The number of aromatic nitrogens is 10. The van der Waals surface area contributed by atoms with Crippen molar-refractivity contribution >= 4 is 93.5 Å². The molecule has 0 aliphatic carbocycles. The minimum atomic E-state index is -0.831. The van der Waals surface area contributed by atoms with Crippen LogP contribution in [-0.4, -0.2) is 159 Å². The number of hydrogen-bond donors (Lipinski definition) is 12. The quantitative estimate of drug-likeness (QED) is 0.0252. The number of anilines is 6. The van der Waals surface area contributed by atoms with Crippen LogP contribution in [0.5, 0.6) is 0 Å². The van der Waals surface area contributed by atoms with E-state index in [0.29, 0.717) is 29.3 Å². The number of hydrogen-bond acceptors (Lipinski definition) is 13. The summed E-state index contributed by atoms with van der Waals surface area (Å²) in [4.78, 5) is 143. The van der Waals surface area contributed by atoms with Crippen LogP contribution in [0, 0.1) is 0 Å². The maximum atomic E-state index is 13.5. The largest absolute Gasteiger partial charge is 0.356 e. The molecule has 86 heavy (non-hydrogen) atoms. The molecule has 0 aliphatic rings. The molecule has 14 N–H and O–H groups in total. The van der Waals surface area contributed by atoms with Crippen molar-refractivity contribution in [3.05, 3.63) is 114 Å². The molecule has 7 aromatic heterocycles. The van der Waals surface area contributed by atoms with Gasteiger partial charge in [0.25, 0.3) is 47.3 Å². The van der Waals surface area contributed by atoms with Gasteiger partial charge in [0.1, 0.15) is 22.8 Å². The van der Waals surface area contributed by atoms with Gasteiger partial charge in [0.05, 0.1) is 43.4 Å². The monoisotopic (exact) mass is 1190 g/mol. The first-order valence-electron chi connectivity index (χ1n) is 27.1. The Bertz CT molecular complexity index is 3700. The first kappa shape index (κ1) is 63.0. The van der Waals surface area contributed by atoms with Crippen molar-refractivity contribution in [2.75, 3.05) is 78.7 Å². The van der Waals surface area contributed by atoms with E-state index in [0.717, 1.165) is 13.0 Å². The molecular weight excluding hydrogens is 1120 g/mol. The molecule has 0 unspecified atom stereocenters. The Balaban J connectivity index is 0.811. The predicted octanol–water partition coefficient (Wildman–Crippen LogP) is -1.85. The van der Waals surface area contributed by atoms with Gasteiger partial charge in [-0.1, -0.05) is 0 Å². The lowest BCUT2D eigenvalue weighted by Gasteiger charge is -2.09. The van der Waals surface area contributed by atoms with Gasteiger partial charge in [-0.2, -0.15) is 0 Å². The van der Waals surface area contributed by atoms with Gasteiger partial charge in [-0.25, -0.2) is 15.0 Å². The van der Waals surface area contributed by atoms with Gasteiger partial charge in [0, 0.05) is 151 Å². The number of nitrogens with zero attached hydrogens (tertiary/aromatic N) is 10. The first-order valence-corrected chi connectivity index (χ1v) is 27.1. The Kier molecular flexibility index (Phi) is 20.6. The molecule has 7 aromatic rings. The highest BCUT2D eigenvalue weighted by atomic mass is 16.2. The Morgan fingerprint density at radius 1 is 0.453 bits per heavy atom. The smallest absolute Gasteiger partial charge is 0.292 e. The van der Waals surface area contributed by atoms with Crippen LogP contribution in [0.2, 0.25) is 0 Å². The molecule has 7 heterocycles. The summed E-state index contributed by atoms with van der Waals surface area (Å²) in [6.07, 6.45) is 13.2. The summed E-state index contributed by atoms with van der Waals surface area (Å²) in [6.45, 7) is 1.60. The summed E-state index contributed by atoms with van der Waals surface area (Å²) < 4.78 is 10.5. The zero-order valence-electron chi connectivity index (χ0n) is 49.1. The van der Waals surface area contributed by atoms with E-state index >= 15 is 0 Å². The molecule has 0 saturated heterocycles. The third-order valence-electron chi connectivity index (χ3n) is 13.3. The average molecular weight is 1190 g/mol. The number of imidazole rings is 3. The van der Waals surface area contributed by atoms with Crippen LogP contribution in [0.1, 0.15) is 99.5 Å². The number of amides is 10. The molecule has 0 aliphatic heterocycles. The van der Waals surface area contributed by atoms with Crippen LogP contribution in [0.3, 0.4) is 0 Å². The maximum absolute atomic E-state index is 13.5. The molecule has 10 amide bonds. The number of nitrogens with one attached hydrogen (secondary N) is 11. The number of aryl methyl sites for hydroxylation is 7. The summed E-state index contributed by atoms with van der Waals surface area (Å²) in [5.41, 5.74) is 6.02. The van der Waals surface area contributed by atoms with Crippen molar-refractivity contribution in [1.82, 2.24) is 68.2 Å². The minimum absolute atomic E-state index is 0.00406. The molecule has 0 spiro atoms. The van der Waals surface area contributed by atoms with Gasteiger partial charge in [-0.05, 0) is 24.3 Å². The van der Waals surface area contributed by atoms with Crippen LogP contribution >= 0.6 is 0 Å². The molecule has 32 nitrogen and oxygen atoms in total. The van der Waals surface area contributed by atoms with E-state index in [-0.39, 0.29) is 96.7 Å². The van der Waals surface area contributed by atoms with E-state index < -0.39 is 59.2 Å². The Labute approximate surface area is 492 Å². The fraction of sp³-hybridized carbons (Fsp3) is 0.352. The number of carbonyl (C=O) groups is 10. The Hall–Kier alpha value is -10.6. The van der Waals surface area contributed by atoms with Crippen LogP contribution in [0.15, 0.2) is 73.8 Å². The standard InChI is InChI=1S/C54H70N22O10/c1-69(2)19-10-14-56-42(77)12-16-58-48(80)36-21-32(26-71(36)4)62-50(82)38-23-34(28-73(38)6)64-51(83)39-24-33(27-74(39)7)63-49(81)37-22-31(25-72(37)5)61-47(79)35(55)11-15-59-52(84)45-66-40(29-75(45)8)65-43(78)13-17-60-53(85)46-67-41(30-76(46)9)68-54(86)44-57-18-20-70(44)3/h18,20-30,35H,10-17,19,55H2,1-9H3,(H,56,77)(H,58,80)(H,59,84)(H,60,85)(H,61,79)(H,62,82)(H,63,81)(H,64,83)(H,65,78)(H,68,86)/p+2/t35-/m1/s1. The summed E-state index contributed by atoms with van der Waals surface area (Å²) in [5, 5.41) is 27.1. The van der Waals surface area contributed by atoms with Crippen molar-refractivity contribution in [2.45, 2.75) is 31.7 Å². The highest BCUT2D eigenvalue weighted by molar-refractivity contribution is 6.09. The van der Waals surface area contributed by atoms with E-state index in [1.165, 1.54) is 81.4 Å². The normalized spacial score (nSPS) is 11.4. The molecule has 32 heteroatoms. The van der Waals surface area contributed by atoms with Crippen molar-refractivity contribution in [3.63, 3.8) is 0 Å². The van der Waals surface area contributed by atoms with Gasteiger partial charge in [-0.3, -0.25) is 47.9 Å². The Morgan fingerprint density at radius 3 is 1.35 bits per heavy atom. The number of quaternary nitrogens is 2. The second kappa shape index (κ2) is 28.1. The van der Waals surface area contributed by atoms with E-state index in [4.69, 9.17) is 0 Å². The fourth-order valence-electron chi connectivity index (χ4n) is 8.78. The molecule has 0 radical (unpaired) electrons. The lowest BCUT2D eigenvalue weighted by atomic mass is 10.2. The third kappa shape index (κ3) is 16.6. The highest BCUT2D eigenvalue weighted by Crippen LogP contribution is 2.22. The van der Waals surface area contributed by atoms with Crippen molar-refractivity contribution < 1.29 is 58.6 Å².